The van der Waals surface area contributed by atoms with E-state index in [-0.39, 0.29) is 17.4 Å². The number of thioether (sulfide) groups is 1. The molecule has 1 heterocycles. The third kappa shape index (κ3) is 4.79. The SMILES string of the molecule is O=C(CSc1nc[nH][n+]1-c1ccccc1)Nc1ccc(OC(F)F)cc1. The topological polar surface area (TPSA) is 70.9 Å². The smallest absolute Gasteiger partial charge is 0.387 e. The molecule has 0 aliphatic rings. The molecule has 0 aliphatic heterocycles. The second-order valence-electron chi connectivity index (χ2n) is 5.08. The fraction of sp³-hybridized carbons (Fsp3) is 0.118. The number of rotatable bonds is 7. The number of carbonyl (C=O) groups excluding carboxylic acids is 1. The lowest BCUT2D eigenvalue weighted by molar-refractivity contribution is -0.694. The largest absolute Gasteiger partial charge is 0.435 e. The maximum atomic E-state index is 12.1. The summed E-state index contributed by atoms with van der Waals surface area (Å²) in [5, 5.41) is 6.33. The highest BCUT2D eigenvalue weighted by molar-refractivity contribution is 7.99. The number of nitrogens with zero attached hydrogens (tertiary/aromatic N) is 2. The Kier molecular flexibility index (Phi) is 5.80. The van der Waals surface area contributed by atoms with E-state index in [2.05, 4.69) is 20.1 Å². The molecule has 0 spiro atoms. The van der Waals surface area contributed by atoms with E-state index in [1.807, 2.05) is 30.3 Å². The number of alkyl halides is 2. The Morgan fingerprint density at radius 1 is 1.19 bits per heavy atom. The van der Waals surface area contributed by atoms with Crippen LogP contribution in [0.1, 0.15) is 0 Å². The second-order valence-corrected chi connectivity index (χ2v) is 6.02. The molecule has 0 fully saturated rings. The summed E-state index contributed by atoms with van der Waals surface area (Å²) in [6, 6.07) is 15.3. The molecule has 0 atom stereocenters. The molecule has 3 rings (SSSR count). The zero-order chi connectivity index (χ0) is 18.4. The first-order chi connectivity index (χ1) is 12.6. The van der Waals surface area contributed by atoms with Gasteiger partial charge in [-0.05, 0) is 53.1 Å². The van der Waals surface area contributed by atoms with Gasteiger partial charge in [0, 0.05) is 5.69 Å². The zero-order valence-corrected chi connectivity index (χ0v) is 14.2. The number of aromatic nitrogens is 3. The van der Waals surface area contributed by atoms with Crippen molar-refractivity contribution in [3.05, 3.63) is 60.9 Å². The number of hydrogen-bond donors (Lipinski definition) is 2. The molecule has 134 valence electrons. The highest BCUT2D eigenvalue weighted by Gasteiger charge is 2.18. The molecule has 0 bridgehead atoms. The molecule has 1 aromatic heterocycles. The van der Waals surface area contributed by atoms with Crippen LogP contribution < -0.4 is 14.7 Å². The van der Waals surface area contributed by atoms with Gasteiger partial charge in [-0.3, -0.25) is 4.79 Å². The van der Waals surface area contributed by atoms with Crippen molar-refractivity contribution in [2.45, 2.75) is 11.8 Å². The normalized spacial score (nSPS) is 10.7. The van der Waals surface area contributed by atoms with Crippen LogP contribution in [-0.4, -0.2) is 28.4 Å². The molecular formula is C17H15F2N4O2S+. The van der Waals surface area contributed by atoms with E-state index in [4.69, 9.17) is 0 Å². The van der Waals surface area contributed by atoms with Gasteiger partial charge in [0.2, 0.25) is 12.2 Å². The molecule has 0 unspecified atom stereocenters. The van der Waals surface area contributed by atoms with Crippen LogP contribution in [-0.2, 0) is 4.79 Å². The number of anilines is 1. The number of halogens is 2. The summed E-state index contributed by atoms with van der Waals surface area (Å²) >= 11 is 1.27. The van der Waals surface area contributed by atoms with E-state index in [0.29, 0.717) is 10.8 Å². The van der Waals surface area contributed by atoms with Crippen LogP contribution in [0.5, 0.6) is 5.75 Å². The number of para-hydroxylation sites is 1. The summed E-state index contributed by atoms with van der Waals surface area (Å²) in [5.74, 6) is -0.0552. The van der Waals surface area contributed by atoms with E-state index in [1.54, 1.807) is 11.0 Å². The highest BCUT2D eigenvalue weighted by atomic mass is 32.2. The number of benzene rings is 2. The molecule has 9 heteroatoms. The minimum absolute atomic E-state index is 0.0350. The van der Waals surface area contributed by atoms with Gasteiger partial charge in [-0.1, -0.05) is 18.2 Å². The molecule has 0 saturated carbocycles. The predicted octanol–water partition coefficient (Wildman–Crippen LogP) is 3.02. The van der Waals surface area contributed by atoms with Gasteiger partial charge in [0.05, 0.1) is 5.75 Å². The molecule has 2 N–H and O–H groups in total. The summed E-state index contributed by atoms with van der Waals surface area (Å²) in [5.41, 5.74) is 1.40. The molecule has 1 amide bonds. The van der Waals surface area contributed by atoms with Gasteiger partial charge in [0.25, 0.3) is 0 Å². The first-order valence-electron chi connectivity index (χ1n) is 7.60. The molecule has 0 aliphatic carbocycles. The predicted molar refractivity (Wildman–Crippen MR) is 92.5 cm³/mol. The van der Waals surface area contributed by atoms with Gasteiger partial charge in [-0.15, -0.1) is 4.68 Å². The lowest BCUT2D eigenvalue weighted by Crippen LogP contribution is -2.35. The van der Waals surface area contributed by atoms with Crippen molar-refractivity contribution < 1.29 is 23.0 Å². The van der Waals surface area contributed by atoms with Crippen LogP contribution >= 0.6 is 11.8 Å². The lowest BCUT2D eigenvalue weighted by atomic mass is 10.3. The zero-order valence-electron chi connectivity index (χ0n) is 13.4. The number of nitrogens with one attached hydrogen (secondary N) is 2. The van der Waals surface area contributed by atoms with Crippen molar-refractivity contribution in [2.75, 3.05) is 11.1 Å². The van der Waals surface area contributed by atoms with E-state index >= 15 is 0 Å². The fourth-order valence-electron chi connectivity index (χ4n) is 2.17. The minimum Gasteiger partial charge on any atom is -0.435 e. The summed E-state index contributed by atoms with van der Waals surface area (Å²) in [6.07, 6.45) is 1.55. The third-order valence-corrected chi connectivity index (χ3v) is 4.22. The third-order valence-electron chi connectivity index (χ3n) is 3.26. The van der Waals surface area contributed by atoms with Gasteiger partial charge in [0.15, 0.2) is 5.69 Å². The Balaban J connectivity index is 1.56. The van der Waals surface area contributed by atoms with Crippen LogP contribution in [0.2, 0.25) is 0 Å². The lowest BCUT2D eigenvalue weighted by Gasteiger charge is -2.07. The van der Waals surface area contributed by atoms with Crippen LogP contribution in [0.3, 0.4) is 0 Å². The van der Waals surface area contributed by atoms with Gasteiger partial charge in [-0.2, -0.15) is 13.9 Å². The van der Waals surface area contributed by atoms with E-state index < -0.39 is 6.61 Å². The molecular weight excluding hydrogens is 362 g/mol. The maximum absolute atomic E-state index is 12.1. The van der Waals surface area contributed by atoms with E-state index in [9.17, 15) is 13.6 Å². The van der Waals surface area contributed by atoms with Crippen molar-refractivity contribution in [3.8, 4) is 11.4 Å². The van der Waals surface area contributed by atoms with Gasteiger partial charge >= 0.3 is 11.8 Å². The van der Waals surface area contributed by atoms with Crippen LogP contribution in [0, 0.1) is 0 Å². The van der Waals surface area contributed by atoms with Crippen LogP contribution in [0.15, 0.2) is 66.1 Å². The molecule has 6 nitrogen and oxygen atoms in total. The Hall–Kier alpha value is -2.94. The Morgan fingerprint density at radius 2 is 1.92 bits per heavy atom. The van der Waals surface area contributed by atoms with Crippen molar-refractivity contribution in [2.24, 2.45) is 0 Å². The summed E-state index contributed by atoms with van der Waals surface area (Å²) in [7, 11) is 0. The van der Waals surface area contributed by atoms with E-state index in [1.165, 1.54) is 36.0 Å². The molecule has 2 aromatic carbocycles. The van der Waals surface area contributed by atoms with Gasteiger partial charge in [-0.25, -0.2) is 0 Å². The number of aromatic amines is 1. The quantitative estimate of drug-likeness (QED) is 0.491. The average molecular weight is 377 g/mol. The Morgan fingerprint density at radius 3 is 2.62 bits per heavy atom. The van der Waals surface area contributed by atoms with Gasteiger partial charge in [0.1, 0.15) is 5.75 Å². The van der Waals surface area contributed by atoms with Crippen molar-refractivity contribution >= 4 is 23.4 Å². The van der Waals surface area contributed by atoms with Gasteiger partial charge < -0.3 is 10.1 Å². The number of H-pyrrole nitrogens is 1. The first kappa shape index (κ1) is 17.9. The number of hydrogen-bond acceptors (Lipinski definition) is 4. The fourth-order valence-corrected chi connectivity index (χ4v) is 2.91. The van der Waals surface area contributed by atoms with E-state index in [0.717, 1.165) is 5.69 Å². The number of amides is 1. The minimum atomic E-state index is -2.88. The summed E-state index contributed by atoms with van der Waals surface area (Å²) in [6.45, 7) is -2.88. The molecule has 3 aromatic rings. The monoisotopic (exact) mass is 377 g/mol. The Bertz CT molecular complexity index is 857. The standard InChI is InChI=1S/C17H14F2N4O2S/c18-16(19)25-14-8-6-12(7-9-14)22-15(24)10-26-17-20-11-21-23(17)13-4-2-1-3-5-13/h1-9,11,16H,10H2,(H,22,24)/p+1. The number of ether oxygens (including phenoxy) is 1. The Labute approximate surface area is 152 Å². The van der Waals surface area contributed by atoms with Crippen LogP contribution in [0.25, 0.3) is 5.69 Å². The molecule has 0 radical (unpaired) electrons. The maximum Gasteiger partial charge on any atom is 0.387 e. The first-order valence-corrected chi connectivity index (χ1v) is 8.59. The molecule has 0 saturated heterocycles. The summed E-state index contributed by atoms with van der Waals surface area (Å²) < 4.78 is 30.3. The van der Waals surface area contributed by atoms with Crippen molar-refractivity contribution in [1.82, 2.24) is 10.1 Å². The van der Waals surface area contributed by atoms with Crippen LogP contribution in [0.4, 0.5) is 14.5 Å². The average Bonchev–Trinajstić information content (AvgIpc) is 3.11. The summed E-state index contributed by atoms with van der Waals surface area (Å²) in [4.78, 5) is 16.3. The highest BCUT2D eigenvalue weighted by Crippen LogP contribution is 2.18. The second kappa shape index (κ2) is 8.43. The number of carbonyl (C=O) groups is 1. The van der Waals surface area contributed by atoms with Crippen molar-refractivity contribution in [1.29, 1.82) is 0 Å². The molecule has 26 heavy (non-hydrogen) atoms. The van der Waals surface area contributed by atoms with Crippen molar-refractivity contribution in [3.63, 3.8) is 0 Å².